The lowest BCUT2D eigenvalue weighted by atomic mass is 10.1. The van der Waals surface area contributed by atoms with E-state index in [1.54, 1.807) is 12.4 Å². The zero-order valence-corrected chi connectivity index (χ0v) is 10.6. The first-order chi connectivity index (χ1) is 8.84. The van der Waals surface area contributed by atoms with Crippen molar-refractivity contribution >= 4 is 5.82 Å². The lowest BCUT2D eigenvalue weighted by Gasteiger charge is -2.11. The summed E-state index contributed by atoms with van der Waals surface area (Å²) >= 11 is 0. The summed E-state index contributed by atoms with van der Waals surface area (Å²) in [7, 11) is 0. The minimum atomic E-state index is 0.0272. The molecule has 1 aromatic heterocycles. The minimum Gasteiger partial charge on any atom is -0.365 e. The van der Waals surface area contributed by atoms with Crippen molar-refractivity contribution in [3.63, 3.8) is 0 Å². The van der Waals surface area contributed by atoms with Crippen molar-refractivity contribution in [1.82, 2.24) is 14.9 Å². The van der Waals surface area contributed by atoms with Gasteiger partial charge in [-0.05, 0) is 38.6 Å². The fraction of sp³-hybridized carbons (Fsp3) is 0.692. The Hall–Kier alpha value is -1.36. The largest absolute Gasteiger partial charge is 0.365 e. The molecule has 18 heavy (non-hydrogen) atoms. The molecule has 1 aromatic rings. The second-order valence-corrected chi connectivity index (χ2v) is 5.23. The van der Waals surface area contributed by atoms with Crippen molar-refractivity contribution in [1.29, 1.82) is 0 Å². The van der Waals surface area contributed by atoms with Crippen LogP contribution < -0.4 is 16.2 Å². The summed E-state index contributed by atoms with van der Waals surface area (Å²) in [6.07, 6.45) is 9.32. The highest BCUT2D eigenvalue weighted by atomic mass is 16.1. The van der Waals surface area contributed by atoms with Crippen molar-refractivity contribution in [2.45, 2.75) is 44.2 Å². The molecule has 1 aliphatic carbocycles. The number of nitrogens with zero attached hydrogens (tertiary/aromatic N) is 2. The van der Waals surface area contributed by atoms with Crippen LogP contribution in [0.1, 0.15) is 38.1 Å². The molecule has 1 atom stereocenters. The molecule has 3 rings (SSSR count). The molecule has 2 heterocycles. The van der Waals surface area contributed by atoms with E-state index >= 15 is 0 Å². The van der Waals surface area contributed by atoms with Crippen molar-refractivity contribution in [2.24, 2.45) is 0 Å². The van der Waals surface area contributed by atoms with E-state index in [1.165, 1.54) is 12.8 Å². The first kappa shape index (κ1) is 11.7. The van der Waals surface area contributed by atoms with Gasteiger partial charge in [0.15, 0.2) is 5.82 Å². The Bertz CT molecular complexity index is 460. The van der Waals surface area contributed by atoms with Gasteiger partial charge in [0, 0.05) is 31.0 Å². The van der Waals surface area contributed by atoms with Crippen LogP contribution in [-0.4, -0.2) is 28.7 Å². The van der Waals surface area contributed by atoms with Gasteiger partial charge in [-0.3, -0.25) is 4.79 Å². The first-order valence-corrected chi connectivity index (χ1v) is 6.89. The van der Waals surface area contributed by atoms with Gasteiger partial charge in [-0.1, -0.05) is 0 Å². The molecule has 0 radical (unpaired) electrons. The molecule has 2 fully saturated rings. The third-order valence-electron chi connectivity index (χ3n) is 3.76. The van der Waals surface area contributed by atoms with Crippen LogP contribution in [0.25, 0.3) is 0 Å². The normalized spacial score (nSPS) is 23.2. The lowest BCUT2D eigenvalue weighted by Crippen LogP contribution is -2.27. The quantitative estimate of drug-likeness (QED) is 0.820. The Morgan fingerprint density at radius 1 is 1.44 bits per heavy atom. The summed E-state index contributed by atoms with van der Waals surface area (Å²) in [5.41, 5.74) is 0.0272. The third-order valence-corrected chi connectivity index (χ3v) is 3.76. The van der Waals surface area contributed by atoms with Crippen molar-refractivity contribution in [3.8, 4) is 0 Å². The highest BCUT2D eigenvalue weighted by molar-refractivity contribution is 5.31. The Morgan fingerprint density at radius 2 is 2.33 bits per heavy atom. The SMILES string of the molecule is O=c1c(NCC[C@H]2CCCN2)nccn1C1CC1. The van der Waals surface area contributed by atoms with Crippen LogP contribution in [-0.2, 0) is 0 Å². The van der Waals surface area contributed by atoms with Gasteiger partial charge in [-0.15, -0.1) is 0 Å². The topological polar surface area (TPSA) is 59.0 Å². The van der Waals surface area contributed by atoms with Crippen LogP contribution >= 0.6 is 0 Å². The highest BCUT2D eigenvalue weighted by Gasteiger charge is 2.25. The first-order valence-electron chi connectivity index (χ1n) is 6.89. The summed E-state index contributed by atoms with van der Waals surface area (Å²) in [4.78, 5) is 16.2. The van der Waals surface area contributed by atoms with Crippen LogP contribution in [0.3, 0.4) is 0 Å². The standard InChI is InChI=1S/C13H20N4O/c18-13-12(15-7-5-10-2-1-6-14-10)16-8-9-17(13)11-3-4-11/h8-11,14H,1-7H2,(H,15,16)/t10-/m1/s1. The number of hydrogen-bond donors (Lipinski definition) is 2. The fourth-order valence-corrected chi connectivity index (χ4v) is 2.55. The number of nitrogens with one attached hydrogen (secondary N) is 2. The van der Waals surface area contributed by atoms with Gasteiger partial charge in [0.05, 0.1) is 0 Å². The molecule has 0 unspecified atom stereocenters. The smallest absolute Gasteiger partial charge is 0.293 e. The fourth-order valence-electron chi connectivity index (χ4n) is 2.55. The maximum Gasteiger partial charge on any atom is 0.293 e. The predicted molar refractivity (Wildman–Crippen MR) is 70.9 cm³/mol. The predicted octanol–water partition coefficient (Wildman–Crippen LogP) is 1.13. The Kier molecular flexibility index (Phi) is 3.32. The molecule has 98 valence electrons. The van der Waals surface area contributed by atoms with E-state index in [-0.39, 0.29) is 5.56 Å². The molecule has 0 aromatic carbocycles. The average Bonchev–Trinajstić information content (AvgIpc) is 3.09. The van der Waals surface area contributed by atoms with E-state index in [2.05, 4.69) is 15.6 Å². The summed E-state index contributed by atoms with van der Waals surface area (Å²) in [6, 6.07) is 1.02. The zero-order valence-electron chi connectivity index (χ0n) is 10.6. The molecule has 2 N–H and O–H groups in total. The van der Waals surface area contributed by atoms with Gasteiger partial charge in [-0.2, -0.15) is 0 Å². The second kappa shape index (κ2) is 5.10. The van der Waals surface area contributed by atoms with Crippen LogP contribution in [0.2, 0.25) is 0 Å². The molecule has 1 saturated carbocycles. The Labute approximate surface area is 107 Å². The maximum absolute atomic E-state index is 12.1. The lowest BCUT2D eigenvalue weighted by molar-refractivity contribution is 0.573. The summed E-state index contributed by atoms with van der Waals surface area (Å²) in [5, 5.41) is 6.63. The number of anilines is 1. The summed E-state index contributed by atoms with van der Waals surface area (Å²) in [5.74, 6) is 0.502. The number of rotatable bonds is 5. The van der Waals surface area contributed by atoms with Crippen LogP contribution in [0.4, 0.5) is 5.82 Å². The number of hydrogen-bond acceptors (Lipinski definition) is 4. The van der Waals surface area contributed by atoms with Gasteiger partial charge < -0.3 is 15.2 Å². The molecule has 1 saturated heterocycles. The molecule has 5 nitrogen and oxygen atoms in total. The molecule has 5 heteroatoms. The van der Waals surface area contributed by atoms with E-state index < -0.39 is 0 Å². The third kappa shape index (κ3) is 2.56. The second-order valence-electron chi connectivity index (χ2n) is 5.23. The van der Waals surface area contributed by atoms with Crippen LogP contribution in [0.5, 0.6) is 0 Å². The van der Waals surface area contributed by atoms with E-state index in [9.17, 15) is 4.79 Å². The van der Waals surface area contributed by atoms with E-state index in [0.29, 0.717) is 17.9 Å². The summed E-state index contributed by atoms with van der Waals surface area (Å²) in [6.45, 7) is 1.94. The zero-order chi connectivity index (χ0) is 12.4. The Morgan fingerprint density at radius 3 is 3.06 bits per heavy atom. The molecule has 0 spiro atoms. The molecule has 0 amide bonds. The molecule has 2 aliphatic rings. The Balaban J connectivity index is 1.58. The van der Waals surface area contributed by atoms with E-state index in [4.69, 9.17) is 0 Å². The van der Waals surface area contributed by atoms with Crippen molar-refractivity contribution < 1.29 is 0 Å². The maximum atomic E-state index is 12.1. The highest BCUT2D eigenvalue weighted by Crippen LogP contribution is 2.33. The molecule has 1 aliphatic heterocycles. The van der Waals surface area contributed by atoms with Gasteiger partial charge in [0.1, 0.15) is 0 Å². The van der Waals surface area contributed by atoms with Crippen molar-refractivity contribution in [2.75, 3.05) is 18.4 Å². The van der Waals surface area contributed by atoms with Crippen LogP contribution in [0, 0.1) is 0 Å². The van der Waals surface area contributed by atoms with E-state index in [0.717, 1.165) is 32.4 Å². The van der Waals surface area contributed by atoms with Gasteiger partial charge in [0.25, 0.3) is 5.56 Å². The number of aromatic nitrogens is 2. The molecular formula is C13H20N4O. The molecule has 0 bridgehead atoms. The monoisotopic (exact) mass is 248 g/mol. The van der Waals surface area contributed by atoms with Gasteiger partial charge >= 0.3 is 0 Å². The van der Waals surface area contributed by atoms with Gasteiger partial charge in [-0.25, -0.2) is 4.98 Å². The van der Waals surface area contributed by atoms with E-state index in [1.807, 2.05) is 4.57 Å². The average molecular weight is 248 g/mol. The summed E-state index contributed by atoms with van der Waals surface area (Å²) < 4.78 is 1.81. The molecular weight excluding hydrogens is 228 g/mol. The van der Waals surface area contributed by atoms with Crippen LogP contribution in [0.15, 0.2) is 17.2 Å². The van der Waals surface area contributed by atoms with Crippen molar-refractivity contribution in [3.05, 3.63) is 22.7 Å². The van der Waals surface area contributed by atoms with Gasteiger partial charge in [0.2, 0.25) is 0 Å². The minimum absolute atomic E-state index is 0.0272.